The maximum absolute atomic E-state index is 12.0. The Morgan fingerprint density at radius 3 is 2.00 bits per heavy atom. The maximum atomic E-state index is 12.0. The highest BCUT2D eigenvalue weighted by molar-refractivity contribution is 6.30. The van der Waals surface area contributed by atoms with Gasteiger partial charge in [0.15, 0.2) is 5.92 Å². The molecular weight excluding hydrogens is 354 g/mol. The molecule has 25 heavy (non-hydrogen) atoms. The predicted octanol–water partition coefficient (Wildman–Crippen LogP) is 0.159. The fraction of sp³-hybridized carbons (Fsp3) is 0.214. The number of rotatable bonds is 2. The first-order chi connectivity index (χ1) is 11.7. The largest absolute Gasteiger partial charge is 0.337 e. The third-order valence-corrected chi connectivity index (χ3v) is 3.64. The molecule has 0 atom stereocenters. The second-order valence-electron chi connectivity index (χ2n) is 5.09. The molecular formula is C14H14ClN5O5. The van der Waals surface area contributed by atoms with Crippen molar-refractivity contribution in [3.8, 4) is 0 Å². The molecule has 1 aromatic carbocycles. The number of urea groups is 2. The molecule has 11 heteroatoms. The lowest BCUT2D eigenvalue weighted by Gasteiger charge is -2.31. The lowest BCUT2D eigenvalue weighted by atomic mass is 10.0. The highest BCUT2D eigenvalue weighted by atomic mass is 35.5. The SMILES string of the molecule is CN1C(=O)C(C(=O)NNC(=O)Nc2ccc(Cl)cc2)C(=O)N(C)C1=O. The molecule has 1 heterocycles. The molecule has 1 aliphatic heterocycles. The molecule has 3 N–H and O–H groups in total. The van der Waals surface area contributed by atoms with Crippen molar-refractivity contribution in [3.63, 3.8) is 0 Å². The maximum Gasteiger partial charge on any atom is 0.337 e. The number of anilines is 1. The number of barbiturate groups is 1. The minimum Gasteiger partial charge on any atom is -0.307 e. The van der Waals surface area contributed by atoms with Crippen LogP contribution in [0.4, 0.5) is 15.3 Å². The number of hydrogen-bond donors (Lipinski definition) is 3. The molecule has 0 radical (unpaired) electrons. The first-order valence-electron chi connectivity index (χ1n) is 6.94. The van der Waals surface area contributed by atoms with E-state index in [0.29, 0.717) is 20.5 Å². The van der Waals surface area contributed by atoms with Gasteiger partial charge in [0.2, 0.25) is 0 Å². The zero-order valence-electron chi connectivity index (χ0n) is 13.2. The molecule has 132 valence electrons. The van der Waals surface area contributed by atoms with Gasteiger partial charge in [-0.05, 0) is 24.3 Å². The van der Waals surface area contributed by atoms with Crippen LogP contribution in [-0.4, -0.2) is 53.7 Å². The first kappa shape index (κ1) is 18.2. The van der Waals surface area contributed by atoms with Crippen LogP contribution >= 0.6 is 11.6 Å². The molecule has 7 amide bonds. The fourth-order valence-corrected chi connectivity index (χ4v) is 2.14. The van der Waals surface area contributed by atoms with Crippen molar-refractivity contribution in [3.05, 3.63) is 29.3 Å². The Balaban J connectivity index is 1.96. The van der Waals surface area contributed by atoms with Gasteiger partial charge in [-0.3, -0.25) is 29.6 Å². The summed E-state index contributed by atoms with van der Waals surface area (Å²) in [4.78, 5) is 60.6. The number of amides is 7. The van der Waals surface area contributed by atoms with E-state index in [0.717, 1.165) is 14.1 Å². The summed E-state index contributed by atoms with van der Waals surface area (Å²) in [5, 5.41) is 2.89. The summed E-state index contributed by atoms with van der Waals surface area (Å²) in [7, 11) is 2.29. The number of carbonyl (C=O) groups excluding carboxylic acids is 5. The van der Waals surface area contributed by atoms with Crippen LogP contribution < -0.4 is 16.2 Å². The Morgan fingerprint density at radius 1 is 0.960 bits per heavy atom. The summed E-state index contributed by atoms with van der Waals surface area (Å²) < 4.78 is 0. The zero-order chi connectivity index (χ0) is 18.7. The van der Waals surface area contributed by atoms with Crippen LogP contribution in [0.1, 0.15) is 0 Å². The van der Waals surface area contributed by atoms with Crippen molar-refractivity contribution in [2.45, 2.75) is 0 Å². The van der Waals surface area contributed by atoms with Gasteiger partial charge in [0.25, 0.3) is 17.7 Å². The summed E-state index contributed by atoms with van der Waals surface area (Å²) in [6.07, 6.45) is 0. The first-order valence-corrected chi connectivity index (χ1v) is 7.31. The average Bonchev–Trinajstić information content (AvgIpc) is 2.58. The number of imide groups is 2. The van der Waals surface area contributed by atoms with Crippen molar-refractivity contribution in [2.24, 2.45) is 5.92 Å². The highest BCUT2D eigenvalue weighted by Gasteiger charge is 2.46. The quantitative estimate of drug-likeness (QED) is 0.506. The van der Waals surface area contributed by atoms with E-state index in [1.165, 1.54) is 12.1 Å². The van der Waals surface area contributed by atoms with Gasteiger partial charge in [0.05, 0.1) is 0 Å². The van der Waals surface area contributed by atoms with E-state index >= 15 is 0 Å². The van der Waals surface area contributed by atoms with E-state index in [1.807, 2.05) is 10.9 Å². The number of hydrazine groups is 1. The predicted molar refractivity (Wildman–Crippen MR) is 86.2 cm³/mol. The fourth-order valence-electron chi connectivity index (χ4n) is 2.02. The number of halogens is 1. The Kier molecular flexibility index (Phi) is 5.22. The van der Waals surface area contributed by atoms with Gasteiger partial charge in [0, 0.05) is 24.8 Å². The van der Waals surface area contributed by atoms with Crippen molar-refractivity contribution in [2.75, 3.05) is 19.4 Å². The number of hydrogen-bond acceptors (Lipinski definition) is 5. The minimum absolute atomic E-state index is 0.408. The van der Waals surface area contributed by atoms with E-state index in [4.69, 9.17) is 11.6 Å². The molecule has 2 rings (SSSR count). The molecule has 1 fully saturated rings. The Morgan fingerprint density at radius 2 is 1.48 bits per heavy atom. The average molecular weight is 368 g/mol. The van der Waals surface area contributed by atoms with Gasteiger partial charge < -0.3 is 5.32 Å². The van der Waals surface area contributed by atoms with Gasteiger partial charge >= 0.3 is 12.1 Å². The standard InChI is InChI=1S/C14H14ClN5O5/c1-19-11(22)9(12(23)20(2)14(19)25)10(21)17-18-13(24)16-8-5-3-7(15)4-6-8/h3-6,9H,1-2H3,(H,17,21)(H2,16,18,24). The highest BCUT2D eigenvalue weighted by Crippen LogP contribution is 2.15. The summed E-state index contributed by atoms with van der Waals surface area (Å²) in [6, 6.07) is 4.54. The molecule has 10 nitrogen and oxygen atoms in total. The number of carbonyl (C=O) groups is 5. The van der Waals surface area contributed by atoms with Gasteiger partial charge in [-0.1, -0.05) is 11.6 Å². The van der Waals surface area contributed by atoms with E-state index < -0.39 is 35.7 Å². The molecule has 1 saturated heterocycles. The molecule has 1 aliphatic rings. The van der Waals surface area contributed by atoms with E-state index in [9.17, 15) is 24.0 Å². The van der Waals surface area contributed by atoms with E-state index in [1.54, 1.807) is 12.1 Å². The van der Waals surface area contributed by atoms with E-state index in [-0.39, 0.29) is 0 Å². The smallest absolute Gasteiger partial charge is 0.307 e. The van der Waals surface area contributed by atoms with Crippen molar-refractivity contribution >= 4 is 47.1 Å². The lowest BCUT2D eigenvalue weighted by Crippen LogP contribution is -2.62. The molecule has 0 bridgehead atoms. The second kappa shape index (κ2) is 7.18. The number of nitrogens with zero attached hydrogens (tertiary/aromatic N) is 2. The van der Waals surface area contributed by atoms with Crippen molar-refractivity contribution in [1.29, 1.82) is 0 Å². The molecule has 0 aliphatic carbocycles. The normalized spacial score (nSPS) is 15.2. The van der Waals surface area contributed by atoms with Crippen molar-refractivity contribution in [1.82, 2.24) is 20.7 Å². The number of benzene rings is 1. The van der Waals surface area contributed by atoms with Crippen LogP contribution in [0.2, 0.25) is 5.02 Å². The van der Waals surface area contributed by atoms with Crippen LogP contribution in [0.5, 0.6) is 0 Å². The van der Waals surface area contributed by atoms with Gasteiger partial charge in [-0.15, -0.1) is 0 Å². The van der Waals surface area contributed by atoms with Gasteiger partial charge in [-0.2, -0.15) is 0 Å². The number of nitrogens with one attached hydrogen (secondary N) is 3. The molecule has 0 aromatic heterocycles. The Labute approximate surface area is 147 Å². The summed E-state index contributed by atoms with van der Waals surface area (Å²) >= 11 is 5.72. The van der Waals surface area contributed by atoms with Crippen LogP contribution in [0.3, 0.4) is 0 Å². The molecule has 0 unspecified atom stereocenters. The van der Waals surface area contributed by atoms with Gasteiger partial charge in [0.1, 0.15) is 0 Å². The minimum atomic E-state index is -1.76. The van der Waals surface area contributed by atoms with Crippen LogP contribution in [0.25, 0.3) is 0 Å². The molecule has 0 spiro atoms. The summed E-state index contributed by atoms with van der Waals surface area (Å²) in [5.74, 6) is -4.79. The zero-order valence-corrected chi connectivity index (χ0v) is 14.0. The third kappa shape index (κ3) is 3.86. The van der Waals surface area contributed by atoms with Crippen LogP contribution in [-0.2, 0) is 14.4 Å². The monoisotopic (exact) mass is 367 g/mol. The van der Waals surface area contributed by atoms with Crippen LogP contribution in [0, 0.1) is 5.92 Å². The second-order valence-corrected chi connectivity index (χ2v) is 5.52. The summed E-state index contributed by atoms with van der Waals surface area (Å²) in [5.41, 5.74) is 4.39. The van der Waals surface area contributed by atoms with E-state index in [2.05, 4.69) is 5.32 Å². The van der Waals surface area contributed by atoms with Crippen LogP contribution in [0.15, 0.2) is 24.3 Å². The molecule has 1 aromatic rings. The third-order valence-electron chi connectivity index (χ3n) is 3.39. The molecule has 0 saturated carbocycles. The Bertz CT molecular complexity index is 726. The van der Waals surface area contributed by atoms with Crippen molar-refractivity contribution < 1.29 is 24.0 Å². The van der Waals surface area contributed by atoms with Gasteiger partial charge in [-0.25, -0.2) is 15.0 Å². The topological polar surface area (TPSA) is 128 Å². The summed E-state index contributed by atoms with van der Waals surface area (Å²) in [6.45, 7) is 0. The lowest BCUT2D eigenvalue weighted by molar-refractivity contribution is -0.152. The Hall–Kier alpha value is -3.14.